The van der Waals surface area contributed by atoms with Crippen LogP contribution in [0.15, 0.2) is 48.7 Å². The van der Waals surface area contributed by atoms with Gasteiger partial charge in [-0.25, -0.2) is 0 Å². The van der Waals surface area contributed by atoms with Crippen LogP contribution in [0, 0.1) is 6.92 Å². The van der Waals surface area contributed by atoms with Crippen molar-refractivity contribution in [3.05, 3.63) is 59.8 Å². The van der Waals surface area contributed by atoms with Gasteiger partial charge < -0.3 is 10.3 Å². The number of benzene rings is 2. The molecule has 0 atom stereocenters. The lowest BCUT2D eigenvalue weighted by Gasteiger charge is -2.12. The molecule has 0 aliphatic heterocycles. The number of aryl methyl sites for hydroxylation is 1. The molecule has 2 aromatic carbocycles. The van der Waals surface area contributed by atoms with Crippen molar-refractivity contribution in [1.82, 2.24) is 4.57 Å². The molecule has 1 aromatic heterocycles. The summed E-state index contributed by atoms with van der Waals surface area (Å²) in [4.78, 5) is 0. The molecule has 0 bridgehead atoms. The van der Waals surface area contributed by atoms with Crippen molar-refractivity contribution in [2.45, 2.75) is 13.1 Å². The minimum Gasteiger partial charge on any atom is -0.399 e. The first kappa shape index (κ1) is 13.5. The molecule has 108 valence electrons. The van der Waals surface area contributed by atoms with E-state index in [1.54, 1.807) is 10.8 Å². The lowest BCUT2D eigenvalue weighted by molar-refractivity contribution is -0.137. The predicted octanol–water partition coefficient (Wildman–Crippen LogP) is 4.54. The van der Waals surface area contributed by atoms with E-state index in [1.807, 2.05) is 31.2 Å². The van der Waals surface area contributed by atoms with Gasteiger partial charge in [-0.2, -0.15) is 13.2 Å². The Hall–Kier alpha value is -2.43. The van der Waals surface area contributed by atoms with Gasteiger partial charge in [-0.05, 0) is 42.8 Å². The van der Waals surface area contributed by atoms with E-state index in [2.05, 4.69) is 0 Å². The van der Waals surface area contributed by atoms with E-state index in [1.165, 1.54) is 6.07 Å². The minimum absolute atomic E-state index is 0.0920. The number of alkyl halides is 3. The second kappa shape index (κ2) is 4.55. The zero-order chi connectivity index (χ0) is 15.2. The molecule has 2 N–H and O–H groups in total. The number of fused-ring (bicyclic) bond motifs is 1. The maximum absolute atomic E-state index is 12.9. The van der Waals surface area contributed by atoms with Crippen LogP contribution in [0.3, 0.4) is 0 Å². The molecule has 2 nitrogen and oxygen atoms in total. The second-order valence-corrected chi connectivity index (χ2v) is 5.00. The highest BCUT2D eigenvalue weighted by Crippen LogP contribution is 2.33. The zero-order valence-corrected chi connectivity index (χ0v) is 11.3. The predicted molar refractivity (Wildman–Crippen MR) is 77.4 cm³/mol. The number of halogens is 3. The van der Waals surface area contributed by atoms with Gasteiger partial charge in [0.25, 0.3) is 0 Å². The highest BCUT2D eigenvalue weighted by atomic mass is 19.4. The third kappa shape index (κ3) is 2.35. The number of aromatic nitrogens is 1. The van der Waals surface area contributed by atoms with Gasteiger partial charge in [0.2, 0.25) is 0 Å². The lowest BCUT2D eigenvalue weighted by atomic mass is 10.1. The smallest absolute Gasteiger partial charge is 0.399 e. The Labute approximate surface area is 119 Å². The Morgan fingerprint density at radius 2 is 1.81 bits per heavy atom. The van der Waals surface area contributed by atoms with Crippen molar-refractivity contribution in [1.29, 1.82) is 0 Å². The first-order valence-corrected chi connectivity index (χ1v) is 6.41. The molecule has 0 radical (unpaired) electrons. The van der Waals surface area contributed by atoms with Gasteiger partial charge in [-0.1, -0.05) is 12.1 Å². The largest absolute Gasteiger partial charge is 0.416 e. The number of hydrogen-bond acceptors (Lipinski definition) is 1. The molecule has 1 heterocycles. The van der Waals surface area contributed by atoms with Crippen LogP contribution in [0.2, 0.25) is 0 Å². The SMILES string of the molecule is Cc1cccc2c1ccn2-c1cc(N)cc(C(F)(F)F)c1. The second-order valence-electron chi connectivity index (χ2n) is 5.00. The van der Waals surface area contributed by atoms with Crippen molar-refractivity contribution in [2.24, 2.45) is 0 Å². The molecule has 21 heavy (non-hydrogen) atoms. The Morgan fingerprint density at radius 3 is 2.52 bits per heavy atom. The van der Waals surface area contributed by atoms with Crippen molar-refractivity contribution in [2.75, 3.05) is 5.73 Å². The third-order valence-electron chi connectivity index (χ3n) is 3.50. The summed E-state index contributed by atoms with van der Waals surface area (Å²) in [6.07, 6.45) is -2.66. The standard InChI is InChI=1S/C16H13F3N2/c1-10-3-2-4-15-14(10)5-6-21(15)13-8-11(16(17,18)19)7-12(20)9-13/h2-9H,20H2,1H3. The molecule has 0 amide bonds. The molecule has 0 aliphatic carbocycles. The summed E-state index contributed by atoms with van der Waals surface area (Å²) in [7, 11) is 0. The van der Waals surface area contributed by atoms with Crippen LogP contribution in [0.25, 0.3) is 16.6 Å². The molecular formula is C16H13F3N2. The molecule has 0 aliphatic rings. The number of anilines is 1. The first-order chi connectivity index (χ1) is 9.86. The van der Waals surface area contributed by atoms with Crippen LogP contribution in [0.4, 0.5) is 18.9 Å². The number of nitrogens with zero attached hydrogens (tertiary/aromatic N) is 1. The third-order valence-corrected chi connectivity index (χ3v) is 3.50. The van der Waals surface area contributed by atoms with Gasteiger partial charge in [0.1, 0.15) is 0 Å². The van der Waals surface area contributed by atoms with E-state index in [-0.39, 0.29) is 5.69 Å². The number of rotatable bonds is 1. The van der Waals surface area contributed by atoms with Gasteiger partial charge >= 0.3 is 6.18 Å². The maximum atomic E-state index is 12.9. The lowest BCUT2D eigenvalue weighted by Crippen LogP contribution is -2.07. The van der Waals surface area contributed by atoms with Crippen molar-refractivity contribution in [3.8, 4) is 5.69 Å². The summed E-state index contributed by atoms with van der Waals surface area (Å²) in [5.74, 6) is 0. The molecule has 5 heteroatoms. The molecule has 3 aromatic rings. The van der Waals surface area contributed by atoms with Crippen molar-refractivity contribution < 1.29 is 13.2 Å². The van der Waals surface area contributed by atoms with E-state index in [0.717, 1.165) is 28.6 Å². The molecule has 0 spiro atoms. The van der Waals surface area contributed by atoms with Crippen LogP contribution < -0.4 is 5.73 Å². The van der Waals surface area contributed by atoms with Gasteiger partial charge in [-0.15, -0.1) is 0 Å². The van der Waals surface area contributed by atoms with Crippen molar-refractivity contribution in [3.63, 3.8) is 0 Å². The first-order valence-electron chi connectivity index (χ1n) is 6.41. The van der Waals surface area contributed by atoms with Crippen molar-refractivity contribution >= 4 is 16.6 Å². The summed E-state index contributed by atoms with van der Waals surface area (Å²) < 4.78 is 40.4. The molecular weight excluding hydrogens is 277 g/mol. The summed E-state index contributed by atoms with van der Waals surface area (Å²) in [5.41, 5.74) is 7.31. The summed E-state index contributed by atoms with van der Waals surface area (Å²) in [6.45, 7) is 1.97. The van der Waals surface area contributed by atoms with Crippen LogP contribution in [-0.4, -0.2) is 4.57 Å². The van der Waals surface area contributed by atoms with E-state index in [9.17, 15) is 13.2 Å². The Kier molecular flexibility index (Phi) is 2.93. The normalized spacial score (nSPS) is 12.0. The van der Waals surface area contributed by atoms with Crippen LogP contribution in [0.5, 0.6) is 0 Å². The number of nitrogen functional groups attached to an aromatic ring is 1. The minimum atomic E-state index is -4.41. The summed E-state index contributed by atoms with van der Waals surface area (Å²) >= 11 is 0. The van der Waals surface area contributed by atoms with Gasteiger partial charge in [0.05, 0.1) is 11.1 Å². The fraction of sp³-hybridized carbons (Fsp3) is 0.125. The molecule has 0 saturated carbocycles. The topological polar surface area (TPSA) is 30.9 Å². The fourth-order valence-corrected chi connectivity index (χ4v) is 2.48. The van der Waals surface area contributed by atoms with E-state index in [0.29, 0.717) is 5.69 Å². The van der Waals surface area contributed by atoms with E-state index in [4.69, 9.17) is 5.73 Å². The van der Waals surface area contributed by atoms with Crippen LogP contribution in [0.1, 0.15) is 11.1 Å². The highest BCUT2D eigenvalue weighted by Gasteiger charge is 2.31. The Bertz CT molecular complexity index is 816. The number of hydrogen-bond donors (Lipinski definition) is 1. The number of nitrogens with two attached hydrogens (primary N) is 1. The van der Waals surface area contributed by atoms with Crippen LogP contribution in [-0.2, 0) is 6.18 Å². The average Bonchev–Trinajstić information content (AvgIpc) is 2.82. The molecule has 3 rings (SSSR count). The average molecular weight is 290 g/mol. The van der Waals surface area contributed by atoms with Gasteiger partial charge in [0, 0.05) is 23.0 Å². The highest BCUT2D eigenvalue weighted by molar-refractivity contribution is 5.85. The monoisotopic (exact) mass is 290 g/mol. The van der Waals surface area contributed by atoms with E-state index < -0.39 is 11.7 Å². The Balaban J connectivity index is 2.24. The summed E-state index contributed by atoms with van der Waals surface area (Å²) in [6, 6.07) is 11.2. The zero-order valence-electron chi connectivity index (χ0n) is 11.3. The molecule has 0 saturated heterocycles. The van der Waals surface area contributed by atoms with Gasteiger partial charge in [0.15, 0.2) is 0 Å². The van der Waals surface area contributed by atoms with Crippen LogP contribution >= 0.6 is 0 Å². The quantitative estimate of drug-likeness (QED) is 0.655. The Morgan fingerprint density at radius 1 is 1.05 bits per heavy atom. The fourth-order valence-electron chi connectivity index (χ4n) is 2.48. The van der Waals surface area contributed by atoms with Gasteiger partial charge in [-0.3, -0.25) is 0 Å². The maximum Gasteiger partial charge on any atom is 0.416 e. The molecule has 0 unspecified atom stereocenters. The molecule has 0 fully saturated rings. The van der Waals surface area contributed by atoms with E-state index >= 15 is 0 Å². The summed E-state index contributed by atoms with van der Waals surface area (Å²) in [5, 5.41) is 1.01.